The second-order valence-corrected chi connectivity index (χ2v) is 6.81. The molecule has 6 heteroatoms. The Kier molecular flexibility index (Phi) is 6.24. The maximum absolute atomic E-state index is 12.7. The molecular formula is C23H23N3O3. The minimum atomic E-state index is -0.271. The van der Waals surface area contributed by atoms with E-state index in [9.17, 15) is 9.59 Å². The molecule has 0 saturated heterocycles. The third-order valence-electron chi connectivity index (χ3n) is 4.06. The van der Waals surface area contributed by atoms with Gasteiger partial charge < -0.3 is 15.4 Å². The van der Waals surface area contributed by atoms with Crippen molar-refractivity contribution in [2.24, 2.45) is 0 Å². The van der Waals surface area contributed by atoms with Crippen LogP contribution in [0.1, 0.15) is 41.5 Å². The minimum absolute atomic E-state index is 0.00412. The molecule has 148 valence electrons. The first-order valence-electron chi connectivity index (χ1n) is 9.33. The van der Waals surface area contributed by atoms with Gasteiger partial charge in [-0.05, 0) is 57.2 Å². The highest BCUT2D eigenvalue weighted by molar-refractivity contribution is 6.05. The number of pyridine rings is 1. The fraction of sp³-hybridized carbons (Fsp3) is 0.174. The molecule has 0 aliphatic heterocycles. The van der Waals surface area contributed by atoms with E-state index in [-0.39, 0.29) is 17.8 Å². The van der Waals surface area contributed by atoms with Crippen molar-refractivity contribution < 1.29 is 14.3 Å². The fourth-order valence-electron chi connectivity index (χ4n) is 2.73. The molecule has 1 heterocycles. The monoisotopic (exact) mass is 389 g/mol. The smallest absolute Gasteiger partial charge is 0.255 e. The molecule has 3 aromatic rings. The summed E-state index contributed by atoms with van der Waals surface area (Å²) in [6.45, 7) is 5.38. The lowest BCUT2D eigenvalue weighted by molar-refractivity contribution is 0.101. The van der Waals surface area contributed by atoms with E-state index < -0.39 is 0 Å². The number of aromatic nitrogens is 1. The second kappa shape index (κ2) is 9.01. The molecule has 0 unspecified atom stereocenters. The van der Waals surface area contributed by atoms with Crippen LogP contribution >= 0.6 is 0 Å². The average Bonchev–Trinajstić information content (AvgIpc) is 2.69. The number of ether oxygens (including phenoxy) is 1. The Morgan fingerprint density at radius 3 is 2.52 bits per heavy atom. The van der Waals surface area contributed by atoms with Crippen LogP contribution in [0.3, 0.4) is 0 Å². The Labute approximate surface area is 169 Å². The van der Waals surface area contributed by atoms with Crippen LogP contribution in [-0.4, -0.2) is 22.8 Å². The van der Waals surface area contributed by atoms with Gasteiger partial charge in [-0.3, -0.25) is 9.59 Å². The van der Waals surface area contributed by atoms with Gasteiger partial charge in [0.05, 0.1) is 11.8 Å². The van der Waals surface area contributed by atoms with E-state index in [0.29, 0.717) is 28.4 Å². The molecule has 0 radical (unpaired) electrons. The number of anilines is 3. The number of carbonyl (C=O) groups is 2. The van der Waals surface area contributed by atoms with E-state index in [4.69, 9.17) is 4.74 Å². The summed E-state index contributed by atoms with van der Waals surface area (Å²) in [4.78, 5) is 28.5. The van der Waals surface area contributed by atoms with Gasteiger partial charge in [0.25, 0.3) is 5.91 Å². The minimum Gasteiger partial charge on any atom is -0.489 e. The number of para-hydroxylation sites is 2. The van der Waals surface area contributed by atoms with Crippen molar-refractivity contribution >= 4 is 28.9 Å². The predicted octanol–water partition coefficient (Wildman–Crippen LogP) is 5.07. The predicted molar refractivity (Wildman–Crippen MR) is 114 cm³/mol. The van der Waals surface area contributed by atoms with Gasteiger partial charge in [0.2, 0.25) is 0 Å². The summed E-state index contributed by atoms with van der Waals surface area (Å²) in [5.41, 5.74) is 2.38. The first-order valence-corrected chi connectivity index (χ1v) is 9.33. The molecule has 29 heavy (non-hydrogen) atoms. The third kappa shape index (κ3) is 5.42. The Morgan fingerprint density at radius 2 is 1.76 bits per heavy atom. The molecule has 2 aromatic carbocycles. The maximum atomic E-state index is 12.7. The number of hydrogen-bond donors (Lipinski definition) is 2. The van der Waals surface area contributed by atoms with Gasteiger partial charge in [0, 0.05) is 23.0 Å². The summed E-state index contributed by atoms with van der Waals surface area (Å²) in [5, 5.41) is 6.01. The zero-order valence-electron chi connectivity index (χ0n) is 16.6. The number of amides is 1. The molecule has 0 aliphatic carbocycles. The van der Waals surface area contributed by atoms with E-state index in [2.05, 4.69) is 15.6 Å². The molecule has 0 saturated carbocycles. The summed E-state index contributed by atoms with van der Waals surface area (Å²) in [7, 11) is 0. The first-order chi connectivity index (χ1) is 13.9. The SMILES string of the molecule is CC(=O)c1cccc(Nc2cc(C(=O)Nc3ccccc3OC(C)C)ccn2)c1. The largest absolute Gasteiger partial charge is 0.489 e. The third-order valence-corrected chi connectivity index (χ3v) is 4.06. The number of nitrogens with zero attached hydrogens (tertiary/aromatic N) is 1. The van der Waals surface area contributed by atoms with E-state index >= 15 is 0 Å². The van der Waals surface area contributed by atoms with Crippen molar-refractivity contribution in [3.8, 4) is 5.75 Å². The summed E-state index contributed by atoms with van der Waals surface area (Å²) in [5.74, 6) is 0.833. The topological polar surface area (TPSA) is 80.3 Å². The molecule has 2 N–H and O–H groups in total. The van der Waals surface area contributed by atoms with Crippen LogP contribution in [0.4, 0.5) is 17.2 Å². The molecule has 0 aliphatic rings. The lowest BCUT2D eigenvalue weighted by Crippen LogP contribution is -2.14. The summed E-state index contributed by atoms with van der Waals surface area (Å²) >= 11 is 0. The average molecular weight is 389 g/mol. The van der Waals surface area contributed by atoms with Gasteiger partial charge in [-0.1, -0.05) is 24.3 Å². The zero-order chi connectivity index (χ0) is 20.8. The molecule has 0 atom stereocenters. The number of hydrogen-bond acceptors (Lipinski definition) is 5. The lowest BCUT2D eigenvalue weighted by atomic mass is 10.1. The van der Waals surface area contributed by atoms with Crippen LogP contribution in [0.25, 0.3) is 0 Å². The Bertz CT molecular complexity index is 1030. The summed E-state index contributed by atoms with van der Waals surface area (Å²) in [6, 6.07) is 17.7. The van der Waals surface area contributed by atoms with Crippen LogP contribution in [-0.2, 0) is 0 Å². The molecule has 1 amide bonds. The Morgan fingerprint density at radius 1 is 0.966 bits per heavy atom. The van der Waals surface area contributed by atoms with Crippen LogP contribution < -0.4 is 15.4 Å². The molecular weight excluding hydrogens is 366 g/mol. The standard InChI is InChI=1S/C23H23N3O3/c1-15(2)29-21-10-5-4-9-20(21)26-23(28)18-11-12-24-22(14-18)25-19-8-6-7-17(13-19)16(3)27/h4-15H,1-3H3,(H,24,25)(H,26,28). The highest BCUT2D eigenvalue weighted by Gasteiger charge is 2.12. The molecule has 1 aromatic heterocycles. The van der Waals surface area contributed by atoms with Gasteiger partial charge in [-0.2, -0.15) is 0 Å². The van der Waals surface area contributed by atoms with Crippen LogP contribution in [0, 0.1) is 0 Å². The zero-order valence-corrected chi connectivity index (χ0v) is 16.6. The molecule has 0 bridgehead atoms. The van der Waals surface area contributed by atoms with E-state index in [1.54, 1.807) is 42.6 Å². The van der Waals surface area contributed by atoms with Crippen LogP contribution in [0.2, 0.25) is 0 Å². The fourth-order valence-corrected chi connectivity index (χ4v) is 2.73. The van der Waals surface area contributed by atoms with Crippen LogP contribution in [0.5, 0.6) is 5.75 Å². The van der Waals surface area contributed by atoms with Gasteiger partial charge in [-0.15, -0.1) is 0 Å². The van der Waals surface area contributed by atoms with Crippen molar-refractivity contribution in [3.05, 3.63) is 78.0 Å². The Hall–Kier alpha value is -3.67. The molecule has 3 rings (SSSR count). The van der Waals surface area contributed by atoms with Crippen molar-refractivity contribution in [3.63, 3.8) is 0 Å². The van der Waals surface area contributed by atoms with Crippen LogP contribution in [0.15, 0.2) is 66.9 Å². The lowest BCUT2D eigenvalue weighted by Gasteiger charge is -2.15. The number of carbonyl (C=O) groups excluding carboxylic acids is 2. The number of nitrogens with one attached hydrogen (secondary N) is 2. The van der Waals surface area contributed by atoms with Crippen molar-refractivity contribution in [1.82, 2.24) is 4.98 Å². The highest BCUT2D eigenvalue weighted by Crippen LogP contribution is 2.26. The normalized spacial score (nSPS) is 10.5. The van der Waals surface area contributed by atoms with E-state index in [0.717, 1.165) is 5.69 Å². The highest BCUT2D eigenvalue weighted by atomic mass is 16.5. The van der Waals surface area contributed by atoms with Crippen molar-refractivity contribution in [2.45, 2.75) is 26.9 Å². The first kappa shape index (κ1) is 20.1. The van der Waals surface area contributed by atoms with Crippen molar-refractivity contribution in [2.75, 3.05) is 10.6 Å². The molecule has 6 nitrogen and oxygen atoms in total. The number of Topliss-reactive ketones (excluding diaryl/α,β-unsaturated/α-hetero) is 1. The maximum Gasteiger partial charge on any atom is 0.255 e. The van der Waals surface area contributed by atoms with Gasteiger partial charge in [0.1, 0.15) is 11.6 Å². The van der Waals surface area contributed by atoms with E-state index in [1.807, 2.05) is 38.1 Å². The number of rotatable bonds is 7. The van der Waals surface area contributed by atoms with E-state index in [1.165, 1.54) is 6.92 Å². The molecule has 0 fully saturated rings. The van der Waals surface area contributed by atoms with Gasteiger partial charge in [0.15, 0.2) is 5.78 Å². The summed E-state index contributed by atoms with van der Waals surface area (Å²) in [6.07, 6.45) is 1.55. The summed E-state index contributed by atoms with van der Waals surface area (Å²) < 4.78 is 5.75. The Balaban J connectivity index is 1.77. The van der Waals surface area contributed by atoms with Crippen molar-refractivity contribution in [1.29, 1.82) is 0 Å². The second-order valence-electron chi connectivity index (χ2n) is 6.81. The number of benzene rings is 2. The number of ketones is 1. The van der Waals surface area contributed by atoms with Gasteiger partial charge >= 0.3 is 0 Å². The quantitative estimate of drug-likeness (QED) is 0.552. The molecule has 0 spiro atoms. The van der Waals surface area contributed by atoms with Gasteiger partial charge in [-0.25, -0.2) is 4.98 Å².